The largest absolute Gasteiger partial charge is 0.300 e. The molecule has 1 aliphatic rings. The average molecular weight is 169 g/mol. The Balaban J connectivity index is 2.52. The van der Waals surface area contributed by atoms with Crippen LogP contribution in [0.5, 0.6) is 0 Å². The van der Waals surface area contributed by atoms with Crippen LogP contribution in [-0.2, 0) is 4.79 Å². The molecule has 0 bridgehead atoms. The maximum atomic E-state index is 11.0. The Morgan fingerprint density at radius 2 is 1.83 bits per heavy atom. The fourth-order valence-electron chi connectivity index (χ4n) is 2.11. The summed E-state index contributed by atoms with van der Waals surface area (Å²) < 4.78 is 0. The standard InChI is InChI=1S/C10H19NO/c1-4-11(5-2)10(6-7-10)8-9(3)12/h4-8H2,1-3H3. The molecule has 0 heterocycles. The smallest absolute Gasteiger partial charge is 0.131 e. The molecule has 0 aromatic heterocycles. The van der Waals surface area contributed by atoms with Crippen LogP contribution in [-0.4, -0.2) is 29.3 Å². The molecular formula is C10H19NO. The van der Waals surface area contributed by atoms with E-state index >= 15 is 0 Å². The van der Waals surface area contributed by atoms with Gasteiger partial charge in [-0.1, -0.05) is 13.8 Å². The first kappa shape index (κ1) is 9.72. The van der Waals surface area contributed by atoms with Crippen molar-refractivity contribution in [2.75, 3.05) is 13.1 Å². The summed E-state index contributed by atoms with van der Waals surface area (Å²) in [5.41, 5.74) is 0.273. The summed E-state index contributed by atoms with van der Waals surface area (Å²) in [4.78, 5) is 13.4. The van der Waals surface area contributed by atoms with Crippen molar-refractivity contribution in [3.63, 3.8) is 0 Å². The summed E-state index contributed by atoms with van der Waals surface area (Å²) in [7, 11) is 0. The van der Waals surface area contributed by atoms with Gasteiger partial charge in [-0.3, -0.25) is 9.69 Å². The van der Waals surface area contributed by atoms with Crippen molar-refractivity contribution in [2.24, 2.45) is 0 Å². The fraction of sp³-hybridized carbons (Fsp3) is 0.900. The van der Waals surface area contributed by atoms with Crippen LogP contribution >= 0.6 is 0 Å². The molecule has 2 heteroatoms. The number of nitrogens with zero attached hydrogens (tertiary/aromatic N) is 1. The van der Waals surface area contributed by atoms with E-state index in [-0.39, 0.29) is 5.54 Å². The van der Waals surface area contributed by atoms with Gasteiger partial charge in [0.05, 0.1) is 0 Å². The molecule has 0 saturated heterocycles. The Morgan fingerprint density at radius 3 is 2.08 bits per heavy atom. The molecular weight excluding hydrogens is 150 g/mol. The van der Waals surface area contributed by atoms with E-state index in [9.17, 15) is 4.79 Å². The molecule has 2 nitrogen and oxygen atoms in total. The normalized spacial score (nSPS) is 19.7. The van der Waals surface area contributed by atoms with Crippen LogP contribution in [0.25, 0.3) is 0 Å². The van der Waals surface area contributed by atoms with Gasteiger partial charge in [0, 0.05) is 12.0 Å². The van der Waals surface area contributed by atoms with Gasteiger partial charge in [0.15, 0.2) is 0 Å². The first-order chi connectivity index (χ1) is 5.64. The number of carbonyl (C=O) groups excluding carboxylic acids is 1. The third-order valence-electron chi connectivity index (χ3n) is 2.84. The van der Waals surface area contributed by atoms with Gasteiger partial charge in [0.2, 0.25) is 0 Å². The van der Waals surface area contributed by atoms with Crippen LogP contribution in [0.2, 0.25) is 0 Å². The van der Waals surface area contributed by atoms with Crippen LogP contribution in [0.1, 0.15) is 40.0 Å². The van der Waals surface area contributed by atoms with E-state index in [1.807, 2.05) is 0 Å². The zero-order valence-electron chi connectivity index (χ0n) is 8.39. The quantitative estimate of drug-likeness (QED) is 0.626. The molecule has 1 fully saturated rings. The molecule has 0 spiro atoms. The zero-order chi connectivity index (χ0) is 9.19. The van der Waals surface area contributed by atoms with Crippen LogP contribution in [0.15, 0.2) is 0 Å². The second-order valence-corrected chi connectivity index (χ2v) is 3.78. The van der Waals surface area contributed by atoms with Crippen molar-refractivity contribution in [1.29, 1.82) is 0 Å². The molecule has 0 amide bonds. The summed E-state index contributed by atoms with van der Waals surface area (Å²) in [6, 6.07) is 0. The molecule has 70 valence electrons. The lowest BCUT2D eigenvalue weighted by Crippen LogP contribution is -2.38. The lowest BCUT2D eigenvalue weighted by atomic mass is 10.1. The second kappa shape index (κ2) is 3.56. The third-order valence-corrected chi connectivity index (χ3v) is 2.84. The lowest BCUT2D eigenvalue weighted by Gasteiger charge is -2.28. The van der Waals surface area contributed by atoms with Crippen molar-refractivity contribution in [3.05, 3.63) is 0 Å². The molecule has 1 rings (SSSR count). The highest BCUT2D eigenvalue weighted by Gasteiger charge is 2.47. The Labute approximate surface area is 74.9 Å². The molecule has 0 N–H and O–H groups in total. The van der Waals surface area contributed by atoms with Crippen LogP contribution in [0.3, 0.4) is 0 Å². The number of carbonyl (C=O) groups is 1. The third kappa shape index (κ3) is 1.86. The van der Waals surface area contributed by atoms with Crippen LogP contribution in [0.4, 0.5) is 0 Å². The minimum Gasteiger partial charge on any atom is -0.300 e. The lowest BCUT2D eigenvalue weighted by molar-refractivity contribution is -0.118. The van der Waals surface area contributed by atoms with Gasteiger partial charge in [-0.15, -0.1) is 0 Å². The van der Waals surface area contributed by atoms with Crippen molar-refractivity contribution >= 4 is 5.78 Å². The predicted molar refractivity (Wildman–Crippen MR) is 50.2 cm³/mol. The van der Waals surface area contributed by atoms with Crippen LogP contribution in [0, 0.1) is 0 Å². The Hall–Kier alpha value is -0.370. The van der Waals surface area contributed by atoms with Gasteiger partial charge >= 0.3 is 0 Å². The maximum absolute atomic E-state index is 11.0. The number of hydrogen-bond acceptors (Lipinski definition) is 2. The minimum atomic E-state index is 0.273. The summed E-state index contributed by atoms with van der Waals surface area (Å²) in [5, 5.41) is 0. The van der Waals surface area contributed by atoms with E-state index in [1.165, 1.54) is 12.8 Å². The van der Waals surface area contributed by atoms with E-state index in [4.69, 9.17) is 0 Å². The summed E-state index contributed by atoms with van der Waals surface area (Å²) >= 11 is 0. The van der Waals surface area contributed by atoms with Gasteiger partial charge in [-0.2, -0.15) is 0 Å². The summed E-state index contributed by atoms with van der Waals surface area (Å²) in [5.74, 6) is 0.333. The molecule has 0 aliphatic heterocycles. The van der Waals surface area contributed by atoms with Crippen molar-refractivity contribution in [2.45, 2.75) is 45.6 Å². The van der Waals surface area contributed by atoms with Gasteiger partial charge in [-0.25, -0.2) is 0 Å². The van der Waals surface area contributed by atoms with Gasteiger partial charge in [-0.05, 0) is 32.9 Å². The highest BCUT2D eigenvalue weighted by Crippen LogP contribution is 2.44. The Morgan fingerprint density at radius 1 is 1.33 bits per heavy atom. The van der Waals surface area contributed by atoms with Crippen molar-refractivity contribution in [1.82, 2.24) is 4.90 Å². The molecule has 0 radical (unpaired) electrons. The number of ketones is 1. The van der Waals surface area contributed by atoms with E-state index in [0.717, 1.165) is 19.5 Å². The van der Waals surface area contributed by atoms with E-state index < -0.39 is 0 Å². The monoisotopic (exact) mass is 169 g/mol. The van der Waals surface area contributed by atoms with Gasteiger partial charge in [0.25, 0.3) is 0 Å². The molecule has 12 heavy (non-hydrogen) atoms. The fourth-order valence-corrected chi connectivity index (χ4v) is 2.11. The summed E-state index contributed by atoms with van der Waals surface area (Å²) in [6.45, 7) is 8.19. The predicted octanol–water partition coefficient (Wildman–Crippen LogP) is 1.84. The van der Waals surface area contributed by atoms with Crippen LogP contribution < -0.4 is 0 Å². The first-order valence-corrected chi connectivity index (χ1v) is 4.89. The molecule has 0 unspecified atom stereocenters. The van der Waals surface area contributed by atoms with E-state index in [0.29, 0.717) is 5.78 Å². The average Bonchev–Trinajstić information content (AvgIpc) is 2.70. The number of Topliss-reactive ketones (excluding diaryl/α,β-unsaturated/α-hetero) is 1. The molecule has 0 aromatic rings. The Bertz CT molecular complexity index is 169. The van der Waals surface area contributed by atoms with E-state index in [2.05, 4.69) is 18.7 Å². The number of hydrogen-bond donors (Lipinski definition) is 0. The molecule has 0 aromatic carbocycles. The number of rotatable bonds is 5. The van der Waals surface area contributed by atoms with Crippen molar-refractivity contribution in [3.8, 4) is 0 Å². The molecule has 1 saturated carbocycles. The van der Waals surface area contributed by atoms with Crippen molar-refractivity contribution < 1.29 is 4.79 Å². The van der Waals surface area contributed by atoms with E-state index in [1.54, 1.807) is 6.92 Å². The SMILES string of the molecule is CCN(CC)C1(CC(C)=O)CC1. The maximum Gasteiger partial charge on any atom is 0.131 e. The topological polar surface area (TPSA) is 20.3 Å². The molecule has 1 aliphatic carbocycles. The highest BCUT2D eigenvalue weighted by atomic mass is 16.1. The second-order valence-electron chi connectivity index (χ2n) is 3.78. The first-order valence-electron chi connectivity index (χ1n) is 4.89. The minimum absolute atomic E-state index is 0.273. The molecule has 0 atom stereocenters. The van der Waals surface area contributed by atoms with Gasteiger partial charge in [0.1, 0.15) is 5.78 Å². The highest BCUT2D eigenvalue weighted by molar-refractivity contribution is 5.77. The summed E-state index contributed by atoms with van der Waals surface area (Å²) in [6.07, 6.45) is 3.19. The zero-order valence-corrected chi connectivity index (χ0v) is 8.39. The Kier molecular flexibility index (Phi) is 2.89. The van der Waals surface area contributed by atoms with Gasteiger partial charge < -0.3 is 0 Å².